The molecule has 1 N–H and O–H groups in total. The summed E-state index contributed by atoms with van der Waals surface area (Å²) in [5, 5.41) is 13.8. The average Bonchev–Trinajstić information content (AvgIpc) is 2.78. The fraction of sp³-hybridized carbons (Fsp3) is 0.167. The van der Waals surface area contributed by atoms with E-state index in [1.165, 1.54) is 0 Å². The number of ether oxygens (including phenoxy) is 2. The summed E-state index contributed by atoms with van der Waals surface area (Å²) in [5.41, 5.74) is 2.58. The first-order chi connectivity index (χ1) is 14.6. The summed E-state index contributed by atoms with van der Waals surface area (Å²) in [6.07, 6.45) is -0.738. The molecule has 0 fully saturated rings. The first-order valence-electron chi connectivity index (χ1n) is 9.54. The second-order valence-electron chi connectivity index (χ2n) is 6.70. The minimum atomic E-state index is -1.38. The molecular formula is C24H22NO5-. The van der Waals surface area contributed by atoms with E-state index < -0.39 is 18.1 Å². The van der Waals surface area contributed by atoms with Crippen LogP contribution < -0.4 is 15.2 Å². The van der Waals surface area contributed by atoms with Gasteiger partial charge in [-0.05, 0) is 35.2 Å². The van der Waals surface area contributed by atoms with Crippen molar-refractivity contribution in [1.82, 2.24) is 5.32 Å². The molecule has 0 saturated heterocycles. The van der Waals surface area contributed by atoms with E-state index in [2.05, 4.69) is 5.32 Å². The largest absolute Gasteiger partial charge is 0.548 e. The van der Waals surface area contributed by atoms with Crippen molar-refractivity contribution in [3.63, 3.8) is 0 Å². The molecule has 154 valence electrons. The minimum Gasteiger partial charge on any atom is -0.548 e. The summed E-state index contributed by atoms with van der Waals surface area (Å²) in [5.74, 6) is -0.709. The third kappa shape index (κ3) is 6.67. The van der Waals surface area contributed by atoms with E-state index in [0.29, 0.717) is 12.4 Å². The van der Waals surface area contributed by atoms with Crippen LogP contribution in [0.4, 0.5) is 4.79 Å². The summed E-state index contributed by atoms with van der Waals surface area (Å²) in [4.78, 5) is 23.4. The van der Waals surface area contributed by atoms with Crippen LogP contribution in [-0.4, -0.2) is 18.1 Å². The van der Waals surface area contributed by atoms with E-state index in [0.717, 1.165) is 16.7 Å². The lowest BCUT2D eigenvalue weighted by molar-refractivity contribution is -0.308. The van der Waals surface area contributed by atoms with Crippen LogP contribution in [0.2, 0.25) is 0 Å². The molecule has 0 unspecified atom stereocenters. The highest BCUT2D eigenvalue weighted by molar-refractivity contribution is 5.78. The number of amides is 1. The van der Waals surface area contributed by atoms with Crippen LogP contribution >= 0.6 is 0 Å². The molecule has 0 aliphatic heterocycles. The average molecular weight is 404 g/mol. The maximum atomic E-state index is 12.0. The maximum Gasteiger partial charge on any atom is 0.408 e. The van der Waals surface area contributed by atoms with Gasteiger partial charge in [-0.25, -0.2) is 4.79 Å². The van der Waals surface area contributed by atoms with Gasteiger partial charge < -0.3 is 24.7 Å². The van der Waals surface area contributed by atoms with Crippen molar-refractivity contribution in [2.24, 2.45) is 0 Å². The Morgan fingerprint density at radius 2 is 1.33 bits per heavy atom. The number of rotatable bonds is 9. The zero-order valence-electron chi connectivity index (χ0n) is 16.3. The Bertz CT molecular complexity index is 942. The van der Waals surface area contributed by atoms with Crippen LogP contribution in [0, 0.1) is 0 Å². The van der Waals surface area contributed by atoms with Crippen LogP contribution in [0.3, 0.4) is 0 Å². The fourth-order valence-electron chi connectivity index (χ4n) is 2.80. The van der Waals surface area contributed by atoms with Gasteiger partial charge in [0.15, 0.2) is 0 Å². The molecule has 3 rings (SSSR count). The Morgan fingerprint density at radius 3 is 1.90 bits per heavy atom. The van der Waals surface area contributed by atoms with E-state index in [9.17, 15) is 14.7 Å². The van der Waals surface area contributed by atoms with Gasteiger partial charge in [0.25, 0.3) is 0 Å². The number of alkyl carbamates (subject to hydrolysis) is 1. The van der Waals surface area contributed by atoms with E-state index in [-0.39, 0.29) is 13.0 Å². The van der Waals surface area contributed by atoms with Gasteiger partial charge >= 0.3 is 6.09 Å². The molecule has 6 heteroatoms. The molecule has 0 saturated carbocycles. The van der Waals surface area contributed by atoms with E-state index in [1.807, 2.05) is 60.7 Å². The third-order valence-corrected chi connectivity index (χ3v) is 4.40. The lowest BCUT2D eigenvalue weighted by Gasteiger charge is -2.19. The zero-order chi connectivity index (χ0) is 21.2. The molecule has 0 bridgehead atoms. The van der Waals surface area contributed by atoms with Crippen molar-refractivity contribution in [1.29, 1.82) is 0 Å². The Balaban J connectivity index is 1.50. The lowest BCUT2D eigenvalue weighted by Crippen LogP contribution is -2.49. The number of nitrogens with one attached hydrogen (secondary N) is 1. The van der Waals surface area contributed by atoms with Crippen LogP contribution in [-0.2, 0) is 29.2 Å². The molecule has 3 aromatic rings. The van der Waals surface area contributed by atoms with E-state index in [4.69, 9.17) is 9.47 Å². The SMILES string of the molecule is O=C(N[C@@H](Cc1ccc(OCc2ccccc2)cc1)C(=O)[O-])OCc1ccccc1. The smallest absolute Gasteiger partial charge is 0.408 e. The summed E-state index contributed by atoms with van der Waals surface area (Å²) in [6, 6.07) is 24.7. The highest BCUT2D eigenvalue weighted by atomic mass is 16.5. The van der Waals surface area contributed by atoms with Crippen LogP contribution in [0.25, 0.3) is 0 Å². The highest BCUT2D eigenvalue weighted by Crippen LogP contribution is 2.15. The van der Waals surface area contributed by atoms with Gasteiger partial charge in [0, 0.05) is 0 Å². The molecule has 1 atom stereocenters. The van der Waals surface area contributed by atoms with Crippen molar-refractivity contribution < 1.29 is 24.2 Å². The van der Waals surface area contributed by atoms with Crippen LogP contribution in [0.15, 0.2) is 84.9 Å². The fourth-order valence-corrected chi connectivity index (χ4v) is 2.80. The van der Waals surface area contributed by atoms with Crippen molar-refractivity contribution in [2.45, 2.75) is 25.7 Å². The number of hydrogen-bond donors (Lipinski definition) is 1. The summed E-state index contributed by atoms with van der Waals surface area (Å²) < 4.78 is 10.8. The standard InChI is InChI=1S/C24H23NO5/c26-23(27)22(25-24(28)30-17-20-9-5-2-6-10-20)15-18-11-13-21(14-12-18)29-16-19-7-3-1-4-8-19/h1-14,22H,15-17H2,(H,25,28)(H,26,27)/p-1/t22-/m0/s1. The number of hydrogen-bond acceptors (Lipinski definition) is 5. The topological polar surface area (TPSA) is 87.7 Å². The molecule has 3 aromatic carbocycles. The van der Waals surface area contributed by atoms with E-state index in [1.54, 1.807) is 24.3 Å². The van der Waals surface area contributed by atoms with Crippen molar-refractivity contribution in [3.8, 4) is 5.75 Å². The predicted molar refractivity (Wildman–Crippen MR) is 109 cm³/mol. The number of benzene rings is 3. The molecule has 0 aromatic heterocycles. The third-order valence-electron chi connectivity index (χ3n) is 4.40. The monoisotopic (exact) mass is 404 g/mol. The number of carboxylic acid groups (broad SMARTS) is 1. The Labute approximate surface area is 175 Å². The van der Waals surface area contributed by atoms with Crippen molar-refractivity contribution in [2.75, 3.05) is 0 Å². The second kappa shape index (κ2) is 10.7. The lowest BCUT2D eigenvalue weighted by atomic mass is 10.1. The molecule has 6 nitrogen and oxygen atoms in total. The summed E-state index contributed by atoms with van der Waals surface area (Å²) in [6.45, 7) is 0.497. The van der Waals surface area contributed by atoms with E-state index >= 15 is 0 Å². The normalized spacial score (nSPS) is 11.3. The minimum absolute atomic E-state index is 0.0554. The Kier molecular flexibility index (Phi) is 7.44. The van der Waals surface area contributed by atoms with Gasteiger partial charge in [0.05, 0.1) is 12.0 Å². The molecule has 0 radical (unpaired) electrons. The van der Waals surface area contributed by atoms with Gasteiger partial charge in [-0.1, -0.05) is 72.8 Å². The van der Waals surface area contributed by atoms with Crippen molar-refractivity contribution >= 4 is 12.1 Å². The maximum absolute atomic E-state index is 12.0. The quantitative estimate of drug-likeness (QED) is 0.593. The van der Waals surface area contributed by atoms with Gasteiger partial charge in [-0.2, -0.15) is 0 Å². The summed E-state index contributed by atoms with van der Waals surface area (Å²) in [7, 11) is 0. The van der Waals surface area contributed by atoms with Crippen molar-refractivity contribution in [3.05, 3.63) is 102 Å². The number of carbonyl (C=O) groups excluding carboxylic acids is 2. The molecule has 1 amide bonds. The molecule has 30 heavy (non-hydrogen) atoms. The molecule has 0 heterocycles. The zero-order valence-corrected chi connectivity index (χ0v) is 16.3. The molecule has 0 spiro atoms. The highest BCUT2D eigenvalue weighted by Gasteiger charge is 2.15. The number of carboxylic acids is 1. The molecular weight excluding hydrogens is 382 g/mol. The van der Waals surface area contributed by atoms with Crippen LogP contribution in [0.5, 0.6) is 5.75 Å². The molecule has 0 aliphatic carbocycles. The van der Waals surface area contributed by atoms with Gasteiger partial charge in [0.1, 0.15) is 19.0 Å². The van der Waals surface area contributed by atoms with Gasteiger partial charge in [-0.3, -0.25) is 0 Å². The Hall–Kier alpha value is -3.80. The van der Waals surface area contributed by atoms with Gasteiger partial charge in [0.2, 0.25) is 0 Å². The number of aliphatic carboxylic acids is 1. The van der Waals surface area contributed by atoms with Crippen LogP contribution in [0.1, 0.15) is 16.7 Å². The molecule has 0 aliphatic rings. The summed E-state index contributed by atoms with van der Waals surface area (Å²) >= 11 is 0. The predicted octanol–water partition coefficient (Wildman–Crippen LogP) is 2.85. The first-order valence-corrected chi connectivity index (χ1v) is 9.54. The second-order valence-corrected chi connectivity index (χ2v) is 6.70. The van der Waals surface area contributed by atoms with Gasteiger partial charge in [-0.15, -0.1) is 0 Å². The Morgan fingerprint density at radius 1 is 0.767 bits per heavy atom. The first kappa shape index (κ1) is 20.9. The number of carbonyl (C=O) groups is 2.